The lowest BCUT2D eigenvalue weighted by Gasteiger charge is -2.33. The molecule has 1 atom stereocenters. The Kier molecular flexibility index (Phi) is 6.38. The largest absolute Gasteiger partial charge is 0.356 e. The highest BCUT2D eigenvalue weighted by Gasteiger charge is 2.19. The average Bonchev–Trinajstić information content (AvgIpc) is 2.54. The first-order valence-electron chi connectivity index (χ1n) is 8.26. The lowest BCUT2D eigenvalue weighted by atomic mass is 10.0. The van der Waals surface area contributed by atoms with E-state index in [-0.39, 0.29) is 5.91 Å². The monoisotopic (exact) mass is 317 g/mol. The van der Waals surface area contributed by atoms with Gasteiger partial charge in [-0.05, 0) is 37.3 Å². The van der Waals surface area contributed by atoms with Crippen LogP contribution in [0, 0.1) is 12.8 Å². The molecule has 1 aromatic rings. The minimum Gasteiger partial charge on any atom is -0.356 e. The highest BCUT2D eigenvalue weighted by molar-refractivity contribution is 5.90. The number of pyridine rings is 1. The molecule has 6 nitrogen and oxygen atoms in total. The number of hydrogen-bond acceptors (Lipinski definition) is 3. The van der Waals surface area contributed by atoms with Gasteiger partial charge in [-0.2, -0.15) is 0 Å². The number of hydrogen-bond donors (Lipinski definition) is 2. The van der Waals surface area contributed by atoms with Gasteiger partial charge < -0.3 is 15.5 Å². The molecule has 0 spiro atoms. The highest BCUT2D eigenvalue weighted by Crippen LogP contribution is 2.15. The highest BCUT2D eigenvalue weighted by atomic mass is 16.1. The fraction of sp³-hybridized carbons (Fsp3) is 0.588. The van der Waals surface area contributed by atoms with Crippen LogP contribution in [0.25, 0.3) is 0 Å². The average molecular weight is 317 g/mol. The fourth-order valence-electron chi connectivity index (χ4n) is 2.75. The molecule has 1 amide bonds. The van der Waals surface area contributed by atoms with Gasteiger partial charge in [0.25, 0.3) is 0 Å². The molecule has 6 heteroatoms. The lowest BCUT2D eigenvalue weighted by Crippen LogP contribution is -2.46. The minimum atomic E-state index is -0.0451. The van der Waals surface area contributed by atoms with Crippen molar-refractivity contribution in [1.29, 1.82) is 0 Å². The van der Waals surface area contributed by atoms with Gasteiger partial charge in [-0.15, -0.1) is 0 Å². The number of aromatic nitrogens is 1. The summed E-state index contributed by atoms with van der Waals surface area (Å²) in [6.45, 7) is 6.86. The normalized spacial score (nSPS) is 18.7. The second-order valence-electron chi connectivity index (χ2n) is 6.19. The number of amides is 1. The van der Waals surface area contributed by atoms with Crippen LogP contribution in [-0.4, -0.2) is 48.4 Å². The van der Waals surface area contributed by atoms with Gasteiger partial charge in [0.1, 0.15) is 5.82 Å². The molecule has 1 unspecified atom stereocenters. The number of carbonyl (C=O) groups excluding carboxylic acids is 1. The van der Waals surface area contributed by atoms with Crippen LogP contribution in [-0.2, 0) is 4.79 Å². The van der Waals surface area contributed by atoms with E-state index in [1.807, 2.05) is 19.1 Å². The fourth-order valence-corrected chi connectivity index (χ4v) is 2.75. The third-order valence-electron chi connectivity index (χ3n) is 3.98. The van der Waals surface area contributed by atoms with E-state index in [9.17, 15) is 4.79 Å². The summed E-state index contributed by atoms with van der Waals surface area (Å²) in [4.78, 5) is 22.7. The molecule has 1 aromatic heterocycles. The second-order valence-corrected chi connectivity index (χ2v) is 6.19. The molecule has 1 saturated heterocycles. The van der Waals surface area contributed by atoms with Crippen LogP contribution < -0.4 is 10.6 Å². The molecule has 126 valence electrons. The van der Waals surface area contributed by atoms with Crippen molar-refractivity contribution in [2.24, 2.45) is 10.9 Å². The maximum atomic E-state index is 12.0. The molecule has 0 bridgehead atoms. The Morgan fingerprint density at radius 1 is 1.48 bits per heavy atom. The number of carbonyl (C=O) groups is 1. The smallest absolute Gasteiger partial charge is 0.227 e. The van der Waals surface area contributed by atoms with Crippen molar-refractivity contribution < 1.29 is 4.79 Å². The minimum absolute atomic E-state index is 0.0451. The molecule has 0 aliphatic carbocycles. The zero-order valence-electron chi connectivity index (χ0n) is 14.3. The summed E-state index contributed by atoms with van der Waals surface area (Å²) in [6, 6.07) is 3.74. The predicted molar refractivity (Wildman–Crippen MR) is 93.6 cm³/mol. The van der Waals surface area contributed by atoms with E-state index in [0.717, 1.165) is 24.6 Å². The quantitative estimate of drug-likeness (QED) is 0.658. The van der Waals surface area contributed by atoms with Crippen molar-refractivity contribution in [1.82, 2.24) is 15.2 Å². The van der Waals surface area contributed by atoms with Crippen LogP contribution in [0.1, 0.15) is 31.7 Å². The van der Waals surface area contributed by atoms with E-state index >= 15 is 0 Å². The number of nitrogens with one attached hydrogen (secondary N) is 2. The Morgan fingerprint density at radius 3 is 2.96 bits per heavy atom. The number of anilines is 1. The lowest BCUT2D eigenvalue weighted by molar-refractivity contribution is -0.116. The standard InChI is InChI=1S/C17H27N5O/c1-13-6-7-15(20-11-13)21-16(23)8-9-19-17(18-3)22-10-4-5-14(2)12-22/h6-7,11,14H,4-5,8-10,12H2,1-3H3,(H,18,19)(H,20,21,23). The molecule has 2 N–H and O–H groups in total. The third-order valence-corrected chi connectivity index (χ3v) is 3.98. The summed E-state index contributed by atoms with van der Waals surface area (Å²) in [5.74, 6) is 2.13. The first-order valence-corrected chi connectivity index (χ1v) is 8.26. The molecule has 0 aromatic carbocycles. The second kappa shape index (κ2) is 8.50. The van der Waals surface area contributed by atoms with Crippen LogP contribution in [0.2, 0.25) is 0 Å². The van der Waals surface area contributed by atoms with Crippen molar-refractivity contribution in [3.05, 3.63) is 23.9 Å². The molecule has 2 rings (SSSR count). The van der Waals surface area contributed by atoms with Gasteiger partial charge in [0.2, 0.25) is 5.91 Å². The Bertz CT molecular complexity index is 540. The summed E-state index contributed by atoms with van der Waals surface area (Å²) >= 11 is 0. The van der Waals surface area contributed by atoms with Gasteiger partial charge in [0.15, 0.2) is 5.96 Å². The molecular formula is C17H27N5O. The van der Waals surface area contributed by atoms with E-state index in [4.69, 9.17) is 0 Å². The van der Waals surface area contributed by atoms with Crippen LogP contribution >= 0.6 is 0 Å². The third kappa shape index (κ3) is 5.54. The van der Waals surface area contributed by atoms with Gasteiger partial charge in [0.05, 0.1) is 0 Å². The van der Waals surface area contributed by atoms with Gasteiger partial charge >= 0.3 is 0 Å². The molecule has 0 radical (unpaired) electrons. The van der Waals surface area contributed by atoms with E-state index in [2.05, 4.69) is 32.4 Å². The maximum Gasteiger partial charge on any atom is 0.227 e. The number of aryl methyl sites for hydroxylation is 1. The summed E-state index contributed by atoms with van der Waals surface area (Å²) in [5, 5.41) is 6.08. The number of nitrogens with zero attached hydrogens (tertiary/aromatic N) is 3. The van der Waals surface area contributed by atoms with Crippen LogP contribution in [0.3, 0.4) is 0 Å². The summed E-state index contributed by atoms with van der Waals surface area (Å²) < 4.78 is 0. The summed E-state index contributed by atoms with van der Waals surface area (Å²) in [5.41, 5.74) is 1.07. The van der Waals surface area contributed by atoms with Crippen molar-refractivity contribution in [3.63, 3.8) is 0 Å². The van der Waals surface area contributed by atoms with Crippen molar-refractivity contribution in [2.45, 2.75) is 33.1 Å². The molecule has 23 heavy (non-hydrogen) atoms. The first kappa shape index (κ1) is 17.2. The molecule has 1 aliphatic rings. The molecule has 0 saturated carbocycles. The zero-order valence-corrected chi connectivity index (χ0v) is 14.3. The summed E-state index contributed by atoms with van der Waals surface area (Å²) in [7, 11) is 1.79. The van der Waals surface area contributed by atoms with Crippen molar-refractivity contribution in [2.75, 3.05) is 32.0 Å². The molecule has 1 fully saturated rings. The van der Waals surface area contributed by atoms with Crippen LogP contribution in [0.5, 0.6) is 0 Å². The van der Waals surface area contributed by atoms with Gasteiger partial charge in [0, 0.05) is 39.3 Å². The van der Waals surface area contributed by atoms with Gasteiger partial charge in [-0.1, -0.05) is 13.0 Å². The maximum absolute atomic E-state index is 12.0. The number of likely N-dealkylation sites (tertiary alicyclic amines) is 1. The molecule has 2 heterocycles. The van der Waals surface area contributed by atoms with Gasteiger partial charge in [-0.3, -0.25) is 9.79 Å². The summed E-state index contributed by atoms with van der Waals surface area (Å²) in [6.07, 6.45) is 4.60. The number of guanidine groups is 1. The van der Waals surface area contributed by atoms with E-state index in [1.54, 1.807) is 13.2 Å². The van der Waals surface area contributed by atoms with Crippen LogP contribution in [0.4, 0.5) is 5.82 Å². The van der Waals surface area contributed by atoms with E-state index in [0.29, 0.717) is 24.7 Å². The number of aliphatic imine (C=N–C) groups is 1. The molecular weight excluding hydrogens is 290 g/mol. The first-order chi connectivity index (χ1) is 11.1. The predicted octanol–water partition coefficient (Wildman–Crippen LogP) is 2.03. The van der Waals surface area contributed by atoms with Gasteiger partial charge in [-0.25, -0.2) is 4.98 Å². The zero-order chi connectivity index (χ0) is 16.7. The number of piperidine rings is 1. The Balaban J connectivity index is 1.74. The Labute approximate surface area is 138 Å². The van der Waals surface area contributed by atoms with E-state index < -0.39 is 0 Å². The SMILES string of the molecule is CN=C(NCCC(=O)Nc1ccc(C)cn1)N1CCCC(C)C1. The van der Waals surface area contributed by atoms with Crippen LogP contribution in [0.15, 0.2) is 23.3 Å². The Morgan fingerprint density at radius 2 is 2.30 bits per heavy atom. The topological polar surface area (TPSA) is 69.6 Å². The Hall–Kier alpha value is -2.11. The molecule has 1 aliphatic heterocycles. The van der Waals surface area contributed by atoms with Crippen molar-refractivity contribution >= 4 is 17.7 Å². The van der Waals surface area contributed by atoms with E-state index in [1.165, 1.54) is 12.8 Å². The number of rotatable bonds is 4. The van der Waals surface area contributed by atoms with Crippen molar-refractivity contribution in [3.8, 4) is 0 Å².